The van der Waals surface area contributed by atoms with Gasteiger partial charge in [0.2, 0.25) is 5.78 Å². The number of rotatable bonds is 4. The first-order chi connectivity index (χ1) is 8.70. The molecule has 1 heterocycles. The van der Waals surface area contributed by atoms with Gasteiger partial charge in [-0.2, -0.15) is 0 Å². The van der Waals surface area contributed by atoms with E-state index < -0.39 is 0 Å². The Labute approximate surface area is 104 Å². The summed E-state index contributed by atoms with van der Waals surface area (Å²) in [6.07, 6.45) is 2.83. The highest BCUT2D eigenvalue weighted by Gasteiger charge is 2.07. The second-order valence-electron chi connectivity index (χ2n) is 3.68. The molecule has 0 saturated carbocycles. The van der Waals surface area contributed by atoms with Crippen LogP contribution in [0.1, 0.15) is 21.9 Å². The third kappa shape index (κ3) is 2.67. The molecule has 1 aromatic carbocycles. The van der Waals surface area contributed by atoms with Gasteiger partial charge in [-0.05, 0) is 30.4 Å². The molecule has 0 unspecified atom stereocenters. The van der Waals surface area contributed by atoms with Crippen molar-refractivity contribution in [1.29, 1.82) is 0 Å². The number of benzene rings is 1. The van der Waals surface area contributed by atoms with Crippen molar-refractivity contribution in [2.24, 2.45) is 0 Å². The smallest absolute Gasteiger partial charge is 0.221 e. The highest BCUT2D eigenvalue weighted by Crippen LogP contribution is 2.17. The number of carbonyl (C=O) groups excluding carboxylic acids is 1. The van der Waals surface area contributed by atoms with Gasteiger partial charge in [0.25, 0.3) is 0 Å². The van der Waals surface area contributed by atoms with Gasteiger partial charge in [-0.15, -0.1) is 0 Å². The fraction of sp³-hybridized carbons (Fsp3) is 0.0714. The fourth-order valence-electron chi connectivity index (χ4n) is 1.47. The van der Waals surface area contributed by atoms with Crippen LogP contribution >= 0.6 is 0 Å². The number of carbonyl (C=O) groups is 1. The maximum atomic E-state index is 11.7. The molecule has 92 valence electrons. The maximum absolute atomic E-state index is 11.7. The lowest BCUT2D eigenvalue weighted by atomic mass is 10.1. The molecule has 1 aromatic heterocycles. The summed E-state index contributed by atoms with van der Waals surface area (Å²) in [5.41, 5.74) is 0.555. The minimum absolute atomic E-state index is 0.108. The second kappa shape index (κ2) is 5.33. The van der Waals surface area contributed by atoms with E-state index in [1.165, 1.54) is 18.2 Å². The van der Waals surface area contributed by atoms with Crippen molar-refractivity contribution in [3.63, 3.8) is 0 Å². The van der Waals surface area contributed by atoms with Crippen LogP contribution in [0.3, 0.4) is 0 Å². The van der Waals surface area contributed by atoms with E-state index >= 15 is 0 Å². The first-order valence-corrected chi connectivity index (χ1v) is 5.40. The van der Waals surface area contributed by atoms with Crippen LogP contribution in [0.4, 0.5) is 0 Å². The van der Waals surface area contributed by atoms with E-state index in [2.05, 4.69) is 0 Å². The molecule has 2 rings (SSSR count). The number of aromatic hydroxyl groups is 1. The van der Waals surface area contributed by atoms with Crippen LogP contribution in [0.5, 0.6) is 5.75 Å². The number of furan rings is 1. The monoisotopic (exact) mass is 244 g/mol. The van der Waals surface area contributed by atoms with Gasteiger partial charge in [-0.25, -0.2) is 0 Å². The number of phenolic OH excluding ortho intramolecular Hbond substituents is 1. The van der Waals surface area contributed by atoms with Crippen molar-refractivity contribution < 1.29 is 19.4 Å². The van der Waals surface area contributed by atoms with Crippen molar-refractivity contribution in [3.8, 4) is 5.75 Å². The van der Waals surface area contributed by atoms with Crippen LogP contribution in [0.25, 0.3) is 6.08 Å². The van der Waals surface area contributed by atoms with E-state index in [1.54, 1.807) is 30.3 Å². The maximum Gasteiger partial charge on any atom is 0.221 e. The Hall–Kier alpha value is -2.33. The SMILES string of the molecule is O=C(C=Cc1ccccc1O)c1ccc(CO)o1. The summed E-state index contributed by atoms with van der Waals surface area (Å²) in [6.45, 7) is -0.240. The summed E-state index contributed by atoms with van der Waals surface area (Å²) in [7, 11) is 0. The van der Waals surface area contributed by atoms with Gasteiger partial charge in [0.1, 0.15) is 18.1 Å². The van der Waals surface area contributed by atoms with E-state index in [0.29, 0.717) is 11.3 Å². The fourth-order valence-corrected chi connectivity index (χ4v) is 1.47. The predicted octanol–water partition coefficient (Wildman–Crippen LogP) is 2.37. The van der Waals surface area contributed by atoms with Gasteiger partial charge in [0, 0.05) is 5.56 Å². The average Bonchev–Trinajstić information content (AvgIpc) is 2.86. The van der Waals surface area contributed by atoms with Crippen molar-refractivity contribution in [2.75, 3.05) is 0 Å². The molecule has 0 saturated heterocycles. The molecule has 0 aliphatic heterocycles. The number of para-hydroxylation sites is 1. The highest BCUT2D eigenvalue weighted by molar-refractivity contribution is 6.05. The molecule has 0 aliphatic carbocycles. The van der Waals surface area contributed by atoms with Gasteiger partial charge in [0.05, 0.1) is 0 Å². The Balaban J connectivity index is 2.14. The zero-order valence-corrected chi connectivity index (χ0v) is 9.54. The van der Waals surface area contributed by atoms with Crippen molar-refractivity contribution >= 4 is 11.9 Å². The molecule has 4 nitrogen and oxygen atoms in total. The predicted molar refractivity (Wildman–Crippen MR) is 66.1 cm³/mol. The summed E-state index contributed by atoms with van der Waals surface area (Å²) < 4.78 is 5.10. The van der Waals surface area contributed by atoms with E-state index in [-0.39, 0.29) is 23.9 Å². The zero-order chi connectivity index (χ0) is 13.0. The molecule has 0 bridgehead atoms. The minimum Gasteiger partial charge on any atom is -0.507 e. The lowest BCUT2D eigenvalue weighted by Gasteiger charge is -1.96. The molecule has 2 aromatic rings. The molecule has 18 heavy (non-hydrogen) atoms. The van der Waals surface area contributed by atoms with Gasteiger partial charge in [-0.1, -0.05) is 18.2 Å². The summed E-state index contributed by atoms with van der Waals surface area (Å²) in [6, 6.07) is 9.75. The number of allylic oxidation sites excluding steroid dienone is 1. The first-order valence-electron chi connectivity index (χ1n) is 5.40. The third-order valence-corrected chi connectivity index (χ3v) is 2.41. The minimum atomic E-state index is -0.321. The number of hydrogen-bond acceptors (Lipinski definition) is 4. The third-order valence-electron chi connectivity index (χ3n) is 2.41. The molecular weight excluding hydrogens is 232 g/mol. The van der Waals surface area contributed by atoms with Crippen LogP contribution in [0.15, 0.2) is 46.9 Å². The number of aliphatic hydroxyl groups is 1. The van der Waals surface area contributed by atoms with Crippen molar-refractivity contribution in [3.05, 3.63) is 59.6 Å². The van der Waals surface area contributed by atoms with Crippen LogP contribution < -0.4 is 0 Å². The standard InChI is InChI=1S/C14H12O4/c15-9-11-6-8-14(18-11)13(17)7-5-10-3-1-2-4-12(10)16/h1-8,15-16H,9H2. The molecule has 0 spiro atoms. The van der Waals surface area contributed by atoms with Gasteiger partial charge >= 0.3 is 0 Å². The lowest BCUT2D eigenvalue weighted by Crippen LogP contribution is -1.90. The Morgan fingerprint density at radius 2 is 2.00 bits per heavy atom. The Bertz CT molecular complexity index is 581. The van der Waals surface area contributed by atoms with Gasteiger partial charge in [0.15, 0.2) is 5.76 Å². The van der Waals surface area contributed by atoms with Gasteiger partial charge in [-0.3, -0.25) is 4.79 Å². The van der Waals surface area contributed by atoms with Crippen LogP contribution in [-0.2, 0) is 6.61 Å². The van der Waals surface area contributed by atoms with E-state index in [4.69, 9.17) is 9.52 Å². The van der Waals surface area contributed by atoms with E-state index in [1.807, 2.05) is 0 Å². The van der Waals surface area contributed by atoms with Crippen molar-refractivity contribution in [1.82, 2.24) is 0 Å². The normalized spacial score (nSPS) is 10.9. The summed E-state index contributed by atoms with van der Waals surface area (Å²) in [4.78, 5) is 11.7. The summed E-state index contributed by atoms with van der Waals surface area (Å²) in [5.74, 6) is 0.287. The highest BCUT2D eigenvalue weighted by atomic mass is 16.4. The first kappa shape index (κ1) is 12.1. The average molecular weight is 244 g/mol. The number of phenols is 1. The Morgan fingerprint density at radius 3 is 2.67 bits per heavy atom. The molecule has 0 radical (unpaired) electrons. The number of aliphatic hydroxyl groups excluding tert-OH is 1. The molecule has 0 atom stereocenters. The largest absolute Gasteiger partial charge is 0.507 e. The topological polar surface area (TPSA) is 70.7 Å². The molecule has 0 fully saturated rings. The van der Waals surface area contributed by atoms with E-state index in [0.717, 1.165) is 0 Å². The molecule has 0 amide bonds. The molecule has 4 heteroatoms. The van der Waals surface area contributed by atoms with Gasteiger partial charge < -0.3 is 14.6 Å². The number of hydrogen-bond donors (Lipinski definition) is 2. The lowest BCUT2D eigenvalue weighted by molar-refractivity contribution is 0.101. The van der Waals surface area contributed by atoms with Crippen LogP contribution in [0.2, 0.25) is 0 Å². The van der Waals surface area contributed by atoms with Crippen LogP contribution in [-0.4, -0.2) is 16.0 Å². The van der Waals surface area contributed by atoms with Crippen molar-refractivity contribution in [2.45, 2.75) is 6.61 Å². The van der Waals surface area contributed by atoms with Crippen LogP contribution in [0, 0.1) is 0 Å². The number of ketones is 1. The van der Waals surface area contributed by atoms with E-state index in [9.17, 15) is 9.90 Å². The quantitative estimate of drug-likeness (QED) is 0.639. The Morgan fingerprint density at radius 1 is 1.22 bits per heavy atom. The zero-order valence-electron chi connectivity index (χ0n) is 9.54. The molecular formula is C14H12O4. The second-order valence-corrected chi connectivity index (χ2v) is 3.68. The Kier molecular flexibility index (Phi) is 3.60. The molecule has 2 N–H and O–H groups in total. The summed E-state index contributed by atoms with van der Waals surface area (Å²) in [5, 5.41) is 18.3. The summed E-state index contributed by atoms with van der Waals surface area (Å²) >= 11 is 0. The molecule has 0 aliphatic rings.